The minimum Gasteiger partial charge on any atom is -0.494 e. The van der Waals surface area contributed by atoms with Gasteiger partial charge in [-0.3, -0.25) is 0 Å². The first-order valence-electron chi connectivity index (χ1n) is 5.97. The second-order valence-corrected chi connectivity index (χ2v) is 5.12. The van der Waals surface area contributed by atoms with Crippen LogP contribution >= 0.6 is 11.8 Å². The Bertz CT molecular complexity index is 542. The van der Waals surface area contributed by atoms with Crippen LogP contribution in [0.2, 0.25) is 0 Å². The van der Waals surface area contributed by atoms with E-state index in [0.717, 1.165) is 10.5 Å². The van der Waals surface area contributed by atoms with E-state index < -0.39 is 0 Å². The lowest BCUT2D eigenvalue weighted by Crippen LogP contribution is -1.95. The molecule has 2 rings (SSSR count). The number of nitrogens with two attached hydrogens (primary N) is 1. The second-order valence-electron chi connectivity index (χ2n) is 4.07. The standard InChI is InChI=1S/C15H16FNOS/c1-18-14-4-2-3-12(15(14)16)10-19-13-7-5-11(9-17)6-8-13/h2-8H,9-10,17H2,1H3. The van der Waals surface area contributed by atoms with Crippen LogP contribution in [0.3, 0.4) is 0 Å². The van der Waals surface area contributed by atoms with Gasteiger partial charge in [-0.05, 0) is 23.8 Å². The van der Waals surface area contributed by atoms with E-state index in [-0.39, 0.29) is 11.6 Å². The third-order valence-electron chi connectivity index (χ3n) is 2.82. The van der Waals surface area contributed by atoms with Gasteiger partial charge >= 0.3 is 0 Å². The first-order valence-corrected chi connectivity index (χ1v) is 6.96. The van der Waals surface area contributed by atoms with Gasteiger partial charge < -0.3 is 10.5 Å². The fraction of sp³-hybridized carbons (Fsp3) is 0.200. The topological polar surface area (TPSA) is 35.2 Å². The number of rotatable bonds is 5. The first kappa shape index (κ1) is 13.9. The van der Waals surface area contributed by atoms with Crippen molar-refractivity contribution in [3.05, 3.63) is 59.4 Å². The highest BCUT2D eigenvalue weighted by Gasteiger charge is 2.08. The molecule has 0 fully saturated rings. The molecule has 4 heteroatoms. The number of halogens is 1. The Labute approximate surface area is 116 Å². The quantitative estimate of drug-likeness (QED) is 0.848. The van der Waals surface area contributed by atoms with Crippen LogP contribution in [0.5, 0.6) is 5.75 Å². The van der Waals surface area contributed by atoms with E-state index in [1.807, 2.05) is 24.3 Å². The summed E-state index contributed by atoms with van der Waals surface area (Å²) in [5.74, 6) is 0.582. The molecule has 0 aromatic heterocycles. The van der Waals surface area contributed by atoms with Gasteiger partial charge in [-0.25, -0.2) is 4.39 Å². The molecule has 0 aliphatic rings. The van der Waals surface area contributed by atoms with Crippen molar-refractivity contribution in [1.29, 1.82) is 0 Å². The molecule has 2 aromatic carbocycles. The van der Waals surface area contributed by atoms with Crippen LogP contribution in [0.1, 0.15) is 11.1 Å². The molecule has 0 aliphatic carbocycles. The van der Waals surface area contributed by atoms with Crippen LogP contribution in [0.25, 0.3) is 0 Å². The summed E-state index contributed by atoms with van der Waals surface area (Å²) in [6.45, 7) is 0.537. The summed E-state index contributed by atoms with van der Waals surface area (Å²) in [5, 5.41) is 0. The van der Waals surface area contributed by atoms with Gasteiger partial charge in [-0.2, -0.15) is 0 Å². The van der Waals surface area contributed by atoms with Crippen LogP contribution in [-0.4, -0.2) is 7.11 Å². The van der Waals surface area contributed by atoms with Crippen molar-refractivity contribution in [2.24, 2.45) is 5.73 Å². The van der Waals surface area contributed by atoms with Crippen LogP contribution in [0, 0.1) is 5.82 Å². The minimum atomic E-state index is -0.281. The molecule has 2 aromatic rings. The SMILES string of the molecule is COc1cccc(CSc2ccc(CN)cc2)c1F. The van der Waals surface area contributed by atoms with Crippen LogP contribution < -0.4 is 10.5 Å². The van der Waals surface area contributed by atoms with Gasteiger partial charge in [0.25, 0.3) is 0 Å². The fourth-order valence-corrected chi connectivity index (χ4v) is 2.58. The summed E-state index contributed by atoms with van der Waals surface area (Å²) in [6.07, 6.45) is 0. The van der Waals surface area contributed by atoms with Gasteiger partial charge in [0, 0.05) is 22.8 Å². The second kappa shape index (κ2) is 6.59. The lowest BCUT2D eigenvalue weighted by molar-refractivity contribution is 0.385. The maximum atomic E-state index is 13.9. The van der Waals surface area contributed by atoms with Gasteiger partial charge in [-0.1, -0.05) is 24.3 Å². The third kappa shape index (κ3) is 3.49. The molecule has 0 radical (unpaired) electrons. The number of thioether (sulfide) groups is 1. The molecule has 100 valence electrons. The van der Waals surface area contributed by atoms with Gasteiger partial charge in [0.2, 0.25) is 0 Å². The van der Waals surface area contributed by atoms with Crippen molar-refractivity contribution in [3.8, 4) is 5.75 Å². The largest absolute Gasteiger partial charge is 0.494 e. The van der Waals surface area contributed by atoms with Crippen molar-refractivity contribution in [3.63, 3.8) is 0 Å². The fourth-order valence-electron chi connectivity index (χ4n) is 1.71. The predicted octanol–water partition coefficient (Wildman–Crippen LogP) is 3.59. The van der Waals surface area contributed by atoms with Crippen molar-refractivity contribution in [1.82, 2.24) is 0 Å². The lowest BCUT2D eigenvalue weighted by atomic mass is 10.2. The van der Waals surface area contributed by atoms with Gasteiger partial charge in [0.1, 0.15) is 0 Å². The zero-order chi connectivity index (χ0) is 13.7. The van der Waals surface area contributed by atoms with Crippen molar-refractivity contribution >= 4 is 11.8 Å². The van der Waals surface area contributed by atoms with Gasteiger partial charge in [0.05, 0.1) is 7.11 Å². The molecule has 19 heavy (non-hydrogen) atoms. The van der Waals surface area contributed by atoms with Gasteiger partial charge in [-0.15, -0.1) is 11.8 Å². The Hall–Kier alpha value is -1.52. The lowest BCUT2D eigenvalue weighted by Gasteiger charge is -2.07. The Kier molecular flexibility index (Phi) is 4.82. The summed E-state index contributed by atoms with van der Waals surface area (Å²) < 4.78 is 18.9. The van der Waals surface area contributed by atoms with E-state index in [1.165, 1.54) is 7.11 Å². The molecular weight excluding hydrogens is 261 g/mol. The predicted molar refractivity (Wildman–Crippen MR) is 76.8 cm³/mol. The molecule has 0 saturated heterocycles. The summed E-state index contributed by atoms with van der Waals surface area (Å²) >= 11 is 1.59. The number of ether oxygens (including phenoxy) is 1. The Morgan fingerprint density at radius 2 is 1.89 bits per heavy atom. The van der Waals surface area contributed by atoms with Crippen molar-refractivity contribution < 1.29 is 9.13 Å². The summed E-state index contributed by atoms with van der Waals surface area (Å²) in [4.78, 5) is 1.10. The minimum absolute atomic E-state index is 0.281. The maximum absolute atomic E-state index is 13.9. The summed E-state index contributed by atoms with van der Waals surface area (Å²) in [7, 11) is 1.47. The smallest absolute Gasteiger partial charge is 0.169 e. The molecule has 0 atom stereocenters. The highest BCUT2D eigenvalue weighted by atomic mass is 32.2. The Morgan fingerprint density at radius 3 is 2.53 bits per heavy atom. The number of hydrogen-bond donors (Lipinski definition) is 1. The third-order valence-corrected chi connectivity index (χ3v) is 3.88. The number of benzene rings is 2. The molecule has 0 unspecified atom stereocenters. The van der Waals surface area contributed by atoms with Crippen molar-refractivity contribution in [2.75, 3.05) is 7.11 Å². The monoisotopic (exact) mass is 277 g/mol. The highest BCUT2D eigenvalue weighted by molar-refractivity contribution is 7.98. The van der Waals surface area contributed by atoms with Crippen LogP contribution in [0.15, 0.2) is 47.4 Å². The molecular formula is C15H16FNOS. The van der Waals surface area contributed by atoms with E-state index in [1.54, 1.807) is 30.0 Å². The highest BCUT2D eigenvalue weighted by Crippen LogP contribution is 2.27. The van der Waals surface area contributed by atoms with E-state index in [2.05, 4.69) is 0 Å². The summed E-state index contributed by atoms with van der Waals surface area (Å²) in [6, 6.07) is 13.2. The van der Waals surface area contributed by atoms with Crippen LogP contribution in [0.4, 0.5) is 4.39 Å². The first-order chi connectivity index (χ1) is 9.24. The molecule has 0 saturated carbocycles. The molecule has 2 N–H and O–H groups in total. The normalized spacial score (nSPS) is 10.5. The average molecular weight is 277 g/mol. The zero-order valence-electron chi connectivity index (χ0n) is 10.7. The maximum Gasteiger partial charge on any atom is 0.169 e. The van der Waals surface area contributed by atoms with E-state index in [9.17, 15) is 4.39 Å². The molecule has 0 bridgehead atoms. The summed E-state index contributed by atoms with van der Waals surface area (Å²) in [5.41, 5.74) is 7.29. The van der Waals surface area contributed by atoms with Crippen LogP contribution in [-0.2, 0) is 12.3 Å². The molecule has 0 heterocycles. The number of methoxy groups -OCH3 is 1. The van der Waals surface area contributed by atoms with Crippen molar-refractivity contribution in [2.45, 2.75) is 17.2 Å². The zero-order valence-corrected chi connectivity index (χ0v) is 11.5. The molecule has 0 spiro atoms. The van der Waals surface area contributed by atoms with E-state index in [4.69, 9.17) is 10.5 Å². The van der Waals surface area contributed by atoms with Gasteiger partial charge in [0.15, 0.2) is 11.6 Å². The Balaban J connectivity index is 2.05. The van der Waals surface area contributed by atoms with E-state index in [0.29, 0.717) is 17.9 Å². The van der Waals surface area contributed by atoms with E-state index >= 15 is 0 Å². The molecule has 0 amide bonds. The Morgan fingerprint density at radius 1 is 1.16 bits per heavy atom. The molecule has 2 nitrogen and oxygen atoms in total. The number of hydrogen-bond acceptors (Lipinski definition) is 3. The molecule has 0 aliphatic heterocycles. The average Bonchev–Trinajstić information content (AvgIpc) is 2.47.